The Morgan fingerprint density at radius 3 is 2.50 bits per heavy atom. The number of hydrogen-bond acceptors (Lipinski definition) is 5. The zero-order chi connectivity index (χ0) is 26.5. The van der Waals surface area contributed by atoms with E-state index in [1.165, 1.54) is 11.6 Å². The van der Waals surface area contributed by atoms with E-state index in [2.05, 4.69) is 25.7 Å². The van der Waals surface area contributed by atoms with Crippen LogP contribution in [0.25, 0.3) is 0 Å². The first-order valence-corrected chi connectivity index (χ1v) is 13.8. The first kappa shape index (κ1) is 28.6. The van der Waals surface area contributed by atoms with E-state index in [-0.39, 0.29) is 11.2 Å². The van der Waals surface area contributed by atoms with Gasteiger partial charge < -0.3 is 14.9 Å². The number of aliphatic hydroxyl groups is 2. The van der Waals surface area contributed by atoms with Gasteiger partial charge in [-0.1, -0.05) is 61.8 Å². The fraction of sp³-hybridized carbons (Fsp3) is 0.677. The molecule has 5 heteroatoms. The Morgan fingerprint density at radius 1 is 1.14 bits per heavy atom. The number of fused-ring (bicyclic) bond motifs is 1. The predicted molar refractivity (Wildman–Crippen MR) is 143 cm³/mol. The third-order valence-corrected chi connectivity index (χ3v) is 8.79. The summed E-state index contributed by atoms with van der Waals surface area (Å²) in [6.45, 7) is 12.3. The number of unbranched alkanes of at least 4 members (excludes halogenated alkanes) is 1. The Hall–Kier alpha value is -1.98. The Balaban J connectivity index is 1.67. The van der Waals surface area contributed by atoms with E-state index in [9.17, 15) is 19.8 Å². The second-order valence-electron chi connectivity index (χ2n) is 11.9. The molecule has 0 aromatic rings. The number of carbonyl (C=O) groups is 2. The summed E-state index contributed by atoms with van der Waals surface area (Å²) in [5.41, 5.74) is 2.42. The van der Waals surface area contributed by atoms with Gasteiger partial charge in [-0.25, -0.2) is 0 Å². The molecule has 0 aliphatic heterocycles. The van der Waals surface area contributed by atoms with Gasteiger partial charge >= 0.3 is 5.97 Å². The van der Waals surface area contributed by atoms with Gasteiger partial charge in [0.15, 0.2) is 5.78 Å². The molecule has 5 nitrogen and oxygen atoms in total. The maximum Gasteiger partial charge on any atom is 0.319 e. The summed E-state index contributed by atoms with van der Waals surface area (Å²) in [6.07, 6.45) is 15.8. The summed E-state index contributed by atoms with van der Waals surface area (Å²) in [6, 6.07) is 0. The van der Waals surface area contributed by atoms with Crippen LogP contribution in [0.15, 0.2) is 47.6 Å². The molecule has 0 bridgehead atoms. The Bertz CT molecular complexity index is 911. The number of ketones is 1. The highest BCUT2D eigenvalue weighted by atomic mass is 16.5. The molecule has 200 valence electrons. The van der Waals surface area contributed by atoms with E-state index >= 15 is 0 Å². The molecule has 5 atom stereocenters. The predicted octanol–water partition coefficient (Wildman–Crippen LogP) is 6.01. The van der Waals surface area contributed by atoms with Crippen LogP contribution in [0.4, 0.5) is 0 Å². The van der Waals surface area contributed by atoms with E-state index in [4.69, 9.17) is 4.74 Å². The van der Waals surface area contributed by atoms with Gasteiger partial charge in [0.2, 0.25) is 0 Å². The Labute approximate surface area is 217 Å². The quantitative estimate of drug-likeness (QED) is 0.134. The van der Waals surface area contributed by atoms with Gasteiger partial charge in [0.05, 0.1) is 18.8 Å². The molecule has 0 heterocycles. The van der Waals surface area contributed by atoms with Crippen molar-refractivity contribution in [1.82, 2.24) is 0 Å². The maximum atomic E-state index is 12.9. The minimum absolute atomic E-state index is 0.0905. The second kappa shape index (κ2) is 12.0. The normalized spacial score (nSPS) is 31.9. The van der Waals surface area contributed by atoms with Gasteiger partial charge in [0.25, 0.3) is 0 Å². The van der Waals surface area contributed by atoms with Crippen molar-refractivity contribution >= 4 is 11.8 Å². The minimum atomic E-state index is -1.21. The molecule has 2 N–H and O–H groups in total. The van der Waals surface area contributed by atoms with Crippen LogP contribution >= 0.6 is 0 Å². The van der Waals surface area contributed by atoms with Gasteiger partial charge in [-0.3, -0.25) is 9.59 Å². The molecule has 0 unspecified atom stereocenters. The second-order valence-corrected chi connectivity index (χ2v) is 11.9. The van der Waals surface area contributed by atoms with E-state index in [0.717, 1.165) is 56.1 Å². The lowest BCUT2D eigenvalue weighted by atomic mass is 9.62. The van der Waals surface area contributed by atoms with E-state index in [1.807, 2.05) is 13.0 Å². The van der Waals surface area contributed by atoms with Gasteiger partial charge in [0, 0.05) is 0 Å². The highest BCUT2D eigenvalue weighted by molar-refractivity contribution is 6.08. The van der Waals surface area contributed by atoms with Crippen LogP contribution in [0.2, 0.25) is 0 Å². The maximum absolute atomic E-state index is 12.9. The standard InChI is InChI=1S/C31H46O5/c1-6-7-17-36-29(35)30(3,4)28(34)15-10-21(2)26-13-14-27-23(9-8-16-31(26,27)5)12-11-22-18-24(32)20-25(33)19-22/h10-12,15,24-27,32-33H,2,6-9,13-14,16-20H2,1,3-5H3/t24-,25-,26-,27+,31-/m1/s1. The molecule has 0 aromatic heterocycles. The van der Waals surface area contributed by atoms with Crippen LogP contribution in [0, 0.1) is 22.7 Å². The van der Waals surface area contributed by atoms with Crippen molar-refractivity contribution in [2.24, 2.45) is 22.7 Å². The lowest BCUT2D eigenvalue weighted by Crippen LogP contribution is -2.35. The van der Waals surface area contributed by atoms with Crippen molar-refractivity contribution in [2.75, 3.05) is 6.61 Å². The largest absolute Gasteiger partial charge is 0.465 e. The lowest BCUT2D eigenvalue weighted by molar-refractivity contribution is -0.157. The fourth-order valence-electron chi connectivity index (χ4n) is 6.48. The van der Waals surface area contributed by atoms with Crippen LogP contribution in [-0.2, 0) is 14.3 Å². The van der Waals surface area contributed by atoms with Gasteiger partial charge in [-0.15, -0.1) is 0 Å². The molecular formula is C31H46O5. The number of aliphatic hydroxyl groups excluding tert-OH is 2. The van der Waals surface area contributed by atoms with Crippen molar-refractivity contribution in [3.8, 4) is 0 Å². The van der Waals surface area contributed by atoms with Crippen molar-refractivity contribution in [1.29, 1.82) is 0 Å². The average Bonchev–Trinajstić information content (AvgIpc) is 3.18. The highest BCUT2D eigenvalue weighted by Crippen LogP contribution is 2.59. The fourth-order valence-corrected chi connectivity index (χ4v) is 6.48. The van der Waals surface area contributed by atoms with Crippen LogP contribution < -0.4 is 0 Å². The number of rotatable bonds is 9. The molecular weight excluding hydrogens is 452 g/mol. The Kier molecular flexibility index (Phi) is 9.56. The van der Waals surface area contributed by atoms with E-state index in [0.29, 0.717) is 37.7 Å². The molecule has 0 aromatic carbocycles. The zero-order valence-corrected chi connectivity index (χ0v) is 22.7. The van der Waals surface area contributed by atoms with Crippen molar-refractivity contribution in [3.63, 3.8) is 0 Å². The number of esters is 1. The molecule has 0 saturated heterocycles. The van der Waals surface area contributed by atoms with Gasteiger partial charge in [0.1, 0.15) is 5.41 Å². The van der Waals surface area contributed by atoms with Crippen LogP contribution in [-0.4, -0.2) is 40.8 Å². The third-order valence-electron chi connectivity index (χ3n) is 8.79. The Morgan fingerprint density at radius 2 is 1.83 bits per heavy atom. The topological polar surface area (TPSA) is 83.8 Å². The summed E-state index contributed by atoms with van der Waals surface area (Å²) in [5, 5.41) is 20.0. The molecule has 0 amide bonds. The average molecular weight is 499 g/mol. The van der Waals surface area contributed by atoms with Crippen molar-refractivity contribution in [3.05, 3.63) is 47.6 Å². The number of allylic oxidation sites excluding steroid dienone is 6. The smallest absolute Gasteiger partial charge is 0.319 e. The van der Waals surface area contributed by atoms with Crippen LogP contribution in [0.1, 0.15) is 91.9 Å². The molecule has 3 rings (SSSR count). The van der Waals surface area contributed by atoms with Crippen LogP contribution in [0.5, 0.6) is 0 Å². The molecule has 3 aliphatic carbocycles. The summed E-state index contributed by atoms with van der Waals surface area (Å²) in [4.78, 5) is 25.3. The number of carbonyl (C=O) groups excluding carboxylic acids is 2. The molecule has 3 saturated carbocycles. The first-order valence-electron chi connectivity index (χ1n) is 13.8. The summed E-state index contributed by atoms with van der Waals surface area (Å²) in [5.74, 6) is 0.0362. The molecule has 36 heavy (non-hydrogen) atoms. The minimum Gasteiger partial charge on any atom is -0.465 e. The lowest BCUT2D eigenvalue weighted by Gasteiger charge is -2.42. The van der Waals surface area contributed by atoms with Gasteiger partial charge in [-0.2, -0.15) is 0 Å². The van der Waals surface area contributed by atoms with E-state index in [1.54, 1.807) is 13.8 Å². The number of ether oxygens (including phenoxy) is 1. The summed E-state index contributed by atoms with van der Waals surface area (Å²) >= 11 is 0. The van der Waals surface area contributed by atoms with E-state index < -0.39 is 23.6 Å². The third kappa shape index (κ3) is 6.47. The number of hydrogen-bond donors (Lipinski definition) is 2. The summed E-state index contributed by atoms with van der Waals surface area (Å²) < 4.78 is 5.30. The monoisotopic (exact) mass is 498 g/mol. The van der Waals surface area contributed by atoms with Crippen LogP contribution in [0.3, 0.4) is 0 Å². The first-order chi connectivity index (χ1) is 17.0. The molecule has 0 spiro atoms. The van der Waals surface area contributed by atoms with Crippen molar-refractivity contribution in [2.45, 2.75) is 104 Å². The molecule has 3 aliphatic rings. The molecule has 0 radical (unpaired) electrons. The summed E-state index contributed by atoms with van der Waals surface area (Å²) in [7, 11) is 0. The highest BCUT2D eigenvalue weighted by Gasteiger charge is 2.49. The SMILES string of the molecule is C=C(C=CC(=O)C(C)(C)C(=O)OCCCC)[C@H]1CC[C@H]2C(=CC=C3C[C@@H](O)C[C@H](O)C3)CCC[C@]12C. The van der Waals surface area contributed by atoms with Crippen molar-refractivity contribution < 1.29 is 24.5 Å². The van der Waals surface area contributed by atoms with Gasteiger partial charge in [-0.05, 0) is 95.0 Å². The zero-order valence-electron chi connectivity index (χ0n) is 22.7. The molecule has 3 fully saturated rings.